The number of thiophene rings is 1. The van der Waals surface area contributed by atoms with E-state index in [-0.39, 0.29) is 12.4 Å². The van der Waals surface area contributed by atoms with Gasteiger partial charge in [0.1, 0.15) is 12.4 Å². The van der Waals surface area contributed by atoms with E-state index < -0.39 is 0 Å². The van der Waals surface area contributed by atoms with Crippen molar-refractivity contribution in [2.75, 3.05) is 32.8 Å². The van der Waals surface area contributed by atoms with Crippen molar-refractivity contribution in [1.82, 2.24) is 9.80 Å². The van der Waals surface area contributed by atoms with Gasteiger partial charge in [0, 0.05) is 47.6 Å². The monoisotopic (exact) mass is 358 g/mol. The first-order valence-corrected chi connectivity index (χ1v) is 9.48. The van der Waals surface area contributed by atoms with Gasteiger partial charge in [0.2, 0.25) is 0 Å². The molecule has 1 aliphatic rings. The summed E-state index contributed by atoms with van der Waals surface area (Å²) in [6.07, 6.45) is 1.09. The molecule has 2 heterocycles. The van der Waals surface area contributed by atoms with Gasteiger partial charge in [-0.1, -0.05) is 30.0 Å². The van der Waals surface area contributed by atoms with Gasteiger partial charge in [-0.15, -0.1) is 11.3 Å². The van der Waals surface area contributed by atoms with E-state index in [2.05, 4.69) is 27.7 Å². The van der Waals surface area contributed by atoms with Crippen molar-refractivity contribution in [3.63, 3.8) is 0 Å². The van der Waals surface area contributed by atoms with Gasteiger partial charge >= 0.3 is 0 Å². The topological polar surface area (TPSA) is 26.7 Å². The van der Waals surface area contributed by atoms with Crippen LogP contribution in [0.25, 0.3) is 0 Å². The summed E-state index contributed by atoms with van der Waals surface area (Å²) in [6.45, 7) is 5.52. The Morgan fingerprint density at radius 2 is 1.84 bits per heavy atom. The van der Waals surface area contributed by atoms with E-state index in [1.165, 1.54) is 10.9 Å². The van der Waals surface area contributed by atoms with E-state index in [9.17, 15) is 4.39 Å². The lowest BCUT2D eigenvalue weighted by atomic mass is 10.2. The van der Waals surface area contributed by atoms with Crippen LogP contribution < -0.4 is 0 Å². The van der Waals surface area contributed by atoms with Gasteiger partial charge < -0.3 is 5.11 Å². The van der Waals surface area contributed by atoms with Crippen LogP contribution in [-0.4, -0.2) is 47.7 Å². The minimum Gasteiger partial charge on any atom is -0.384 e. The second-order valence-corrected chi connectivity index (χ2v) is 7.25. The van der Waals surface area contributed by atoms with Crippen molar-refractivity contribution >= 4 is 11.3 Å². The lowest BCUT2D eigenvalue weighted by molar-refractivity contribution is 0.246. The first kappa shape index (κ1) is 18.1. The van der Waals surface area contributed by atoms with Crippen LogP contribution in [0.3, 0.4) is 0 Å². The fourth-order valence-electron chi connectivity index (χ4n) is 3.10. The molecule has 25 heavy (non-hydrogen) atoms. The van der Waals surface area contributed by atoms with Crippen molar-refractivity contribution in [2.24, 2.45) is 0 Å². The molecule has 0 saturated carbocycles. The zero-order valence-corrected chi connectivity index (χ0v) is 15.1. The molecule has 1 fully saturated rings. The van der Waals surface area contributed by atoms with Crippen molar-refractivity contribution in [3.05, 3.63) is 57.5 Å². The number of nitrogens with zero attached hydrogens (tertiary/aromatic N) is 2. The molecule has 1 saturated heterocycles. The van der Waals surface area contributed by atoms with Gasteiger partial charge in [0.05, 0.1) is 0 Å². The van der Waals surface area contributed by atoms with Crippen molar-refractivity contribution in [3.8, 4) is 11.8 Å². The van der Waals surface area contributed by atoms with Gasteiger partial charge in [-0.05, 0) is 31.6 Å². The van der Waals surface area contributed by atoms with Crippen LogP contribution in [0.2, 0.25) is 0 Å². The first-order valence-electron chi connectivity index (χ1n) is 8.60. The van der Waals surface area contributed by atoms with Gasteiger partial charge in [-0.3, -0.25) is 9.80 Å². The highest BCUT2D eigenvalue weighted by atomic mass is 32.1. The Kier molecular flexibility index (Phi) is 6.60. The van der Waals surface area contributed by atoms with Crippen LogP contribution >= 0.6 is 11.3 Å². The van der Waals surface area contributed by atoms with Gasteiger partial charge in [0.15, 0.2) is 0 Å². The summed E-state index contributed by atoms with van der Waals surface area (Å²) in [5.41, 5.74) is 1.76. The highest BCUT2D eigenvalue weighted by molar-refractivity contribution is 7.10. The molecule has 3 rings (SSSR count). The summed E-state index contributed by atoms with van der Waals surface area (Å²) in [7, 11) is 0. The Morgan fingerprint density at radius 1 is 1.08 bits per heavy atom. The Hall–Kier alpha value is -1.71. The van der Waals surface area contributed by atoms with E-state index in [1.807, 2.05) is 17.5 Å². The average molecular weight is 358 g/mol. The molecule has 3 nitrogen and oxygen atoms in total. The molecule has 1 aliphatic heterocycles. The summed E-state index contributed by atoms with van der Waals surface area (Å²) >= 11 is 1.72. The Morgan fingerprint density at radius 3 is 2.60 bits per heavy atom. The molecule has 0 atom stereocenters. The van der Waals surface area contributed by atoms with Crippen molar-refractivity contribution in [2.45, 2.75) is 19.5 Å². The number of aliphatic hydroxyl groups excluding tert-OH is 1. The molecule has 132 valence electrons. The normalized spacial score (nSPS) is 16.2. The van der Waals surface area contributed by atoms with Crippen LogP contribution in [-0.2, 0) is 13.1 Å². The predicted octanol–water partition coefficient (Wildman–Crippen LogP) is 2.94. The summed E-state index contributed by atoms with van der Waals surface area (Å²) in [4.78, 5) is 6.09. The standard InChI is InChI=1S/C20H23FN2OS/c21-20-7-2-1-6-18(20)14-22-8-4-9-23(11-10-22)15-19-13-17(16-25-19)5-3-12-24/h1-2,6-7,13,16,24H,4,8-12,14-15H2. The van der Waals surface area contributed by atoms with Crippen LogP contribution in [0, 0.1) is 17.7 Å². The number of hydrogen-bond acceptors (Lipinski definition) is 4. The molecule has 5 heteroatoms. The molecule has 0 radical (unpaired) electrons. The first-order chi connectivity index (χ1) is 12.2. The lowest BCUT2D eigenvalue weighted by Crippen LogP contribution is -2.30. The Bertz CT molecular complexity index is 749. The quantitative estimate of drug-likeness (QED) is 0.852. The zero-order chi connectivity index (χ0) is 17.5. The predicted molar refractivity (Wildman–Crippen MR) is 99.9 cm³/mol. The number of rotatable bonds is 4. The van der Waals surface area contributed by atoms with Gasteiger partial charge in [-0.25, -0.2) is 4.39 Å². The molecular weight excluding hydrogens is 335 g/mol. The molecule has 1 aromatic heterocycles. The van der Waals surface area contributed by atoms with E-state index in [0.29, 0.717) is 6.54 Å². The SMILES string of the molecule is OCC#Cc1csc(CN2CCCN(Cc3ccccc3F)CC2)c1. The van der Waals surface area contributed by atoms with Crippen LogP contribution in [0.1, 0.15) is 22.4 Å². The molecule has 0 bridgehead atoms. The highest BCUT2D eigenvalue weighted by Crippen LogP contribution is 2.18. The summed E-state index contributed by atoms with van der Waals surface area (Å²) in [5, 5.41) is 10.8. The molecule has 2 aromatic rings. The smallest absolute Gasteiger partial charge is 0.127 e. The second kappa shape index (κ2) is 9.12. The molecule has 0 amide bonds. The largest absolute Gasteiger partial charge is 0.384 e. The van der Waals surface area contributed by atoms with Crippen LogP contribution in [0.15, 0.2) is 35.7 Å². The van der Waals surface area contributed by atoms with Crippen molar-refractivity contribution in [1.29, 1.82) is 0 Å². The molecule has 1 aromatic carbocycles. The fourth-order valence-corrected chi connectivity index (χ4v) is 3.96. The maximum atomic E-state index is 13.8. The third kappa shape index (κ3) is 5.38. The maximum absolute atomic E-state index is 13.8. The number of benzene rings is 1. The molecule has 0 aliphatic carbocycles. The molecular formula is C20H23FN2OS. The molecule has 1 N–H and O–H groups in total. The minimum atomic E-state index is -0.112. The van der Waals surface area contributed by atoms with Crippen molar-refractivity contribution < 1.29 is 9.50 Å². The Labute approximate surface area is 152 Å². The lowest BCUT2D eigenvalue weighted by Gasteiger charge is -2.21. The third-order valence-corrected chi connectivity index (χ3v) is 5.30. The van der Waals surface area contributed by atoms with E-state index in [4.69, 9.17) is 5.11 Å². The van der Waals surface area contributed by atoms with E-state index in [1.54, 1.807) is 17.4 Å². The van der Waals surface area contributed by atoms with Gasteiger partial charge in [-0.2, -0.15) is 0 Å². The number of aliphatic hydroxyl groups is 1. The van der Waals surface area contributed by atoms with E-state index in [0.717, 1.165) is 50.3 Å². The fraction of sp³-hybridized carbons (Fsp3) is 0.400. The molecule has 0 unspecified atom stereocenters. The zero-order valence-electron chi connectivity index (χ0n) is 14.2. The third-order valence-electron chi connectivity index (χ3n) is 4.38. The summed E-state index contributed by atoms with van der Waals surface area (Å²) in [6, 6.07) is 9.15. The Balaban J connectivity index is 1.53. The van der Waals surface area contributed by atoms with Crippen LogP contribution in [0.4, 0.5) is 4.39 Å². The number of halogens is 1. The summed E-state index contributed by atoms with van der Waals surface area (Å²) < 4.78 is 13.8. The average Bonchev–Trinajstić information content (AvgIpc) is 2.94. The van der Waals surface area contributed by atoms with Crippen LogP contribution in [0.5, 0.6) is 0 Å². The maximum Gasteiger partial charge on any atom is 0.127 e. The minimum absolute atomic E-state index is 0.102. The highest BCUT2D eigenvalue weighted by Gasteiger charge is 2.16. The number of hydrogen-bond donors (Lipinski definition) is 1. The molecule has 0 spiro atoms. The van der Waals surface area contributed by atoms with Gasteiger partial charge in [0.25, 0.3) is 0 Å². The summed E-state index contributed by atoms with van der Waals surface area (Å²) in [5.74, 6) is 5.53. The van der Waals surface area contributed by atoms with E-state index >= 15 is 0 Å². The second-order valence-electron chi connectivity index (χ2n) is 6.26.